The molecule has 0 aromatic heterocycles. The summed E-state index contributed by atoms with van der Waals surface area (Å²) >= 11 is 0. The van der Waals surface area contributed by atoms with E-state index in [0.717, 1.165) is 18.2 Å². The van der Waals surface area contributed by atoms with Crippen molar-refractivity contribution >= 4 is 0 Å². The zero-order chi connectivity index (χ0) is 15.6. The van der Waals surface area contributed by atoms with Gasteiger partial charge in [0.1, 0.15) is 11.6 Å². The van der Waals surface area contributed by atoms with Gasteiger partial charge in [-0.3, -0.25) is 0 Å². The van der Waals surface area contributed by atoms with Gasteiger partial charge in [-0.15, -0.1) is 0 Å². The van der Waals surface area contributed by atoms with Crippen LogP contribution in [0.4, 0.5) is 17.6 Å². The molecule has 2 aromatic rings. The maximum atomic E-state index is 13.9. The molecule has 6 heteroatoms. The summed E-state index contributed by atoms with van der Waals surface area (Å²) in [6, 6.07) is 4.78. The second-order valence-electron chi connectivity index (χ2n) is 4.37. The van der Waals surface area contributed by atoms with E-state index in [2.05, 4.69) is 5.32 Å². The average molecular weight is 299 g/mol. The Kier molecular flexibility index (Phi) is 4.47. The molecule has 0 spiro atoms. The van der Waals surface area contributed by atoms with Crippen LogP contribution in [0.5, 0.6) is 5.75 Å². The molecule has 0 aliphatic carbocycles. The largest absolute Gasteiger partial charge is 0.496 e. The highest BCUT2D eigenvalue weighted by Gasteiger charge is 2.24. The van der Waals surface area contributed by atoms with Crippen LogP contribution >= 0.6 is 0 Å². The fourth-order valence-corrected chi connectivity index (χ4v) is 2.17. The first-order valence-corrected chi connectivity index (χ1v) is 6.13. The van der Waals surface area contributed by atoms with Gasteiger partial charge in [0.25, 0.3) is 0 Å². The molecule has 0 aliphatic heterocycles. The first-order valence-electron chi connectivity index (χ1n) is 6.13. The fraction of sp³-hybridized carbons (Fsp3) is 0.200. The van der Waals surface area contributed by atoms with Crippen molar-refractivity contribution < 1.29 is 22.3 Å². The van der Waals surface area contributed by atoms with Crippen molar-refractivity contribution in [3.8, 4) is 5.75 Å². The molecule has 1 atom stereocenters. The lowest BCUT2D eigenvalue weighted by Gasteiger charge is -2.20. The highest BCUT2D eigenvalue weighted by molar-refractivity contribution is 5.42. The molecule has 0 radical (unpaired) electrons. The predicted molar refractivity (Wildman–Crippen MR) is 70.2 cm³/mol. The molecule has 0 amide bonds. The number of rotatable bonds is 4. The zero-order valence-corrected chi connectivity index (χ0v) is 11.4. The highest BCUT2D eigenvalue weighted by atomic mass is 19.2. The molecule has 0 saturated carbocycles. The molecule has 112 valence electrons. The van der Waals surface area contributed by atoms with Crippen LogP contribution in [0.15, 0.2) is 30.3 Å². The van der Waals surface area contributed by atoms with E-state index in [1.54, 1.807) is 0 Å². The van der Waals surface area contributed by atoms with Gasteiger partial charge in [-0.05, 0) is 31.3 Å². The maximum Gasteiger partial charge on any atom is 0.194 e. The second kappa shape index (κ2) is 6.13. The van der Waals surface area contributed by atoms with E-state index < -0.39 is 29.3 Å². The molecule has 21 heavy (non-hydrogen) atoms. The third-order valence-electron chi connectivity index (χ3n) is 3.17. The van der Waals surface area contributed by atoms with Crippen LogP contribution in [0.25, 0.3) is 0 Å². The lowest BCUT2D eigenvalue weighted by Crippen LogP contribution is -2.20. The van der Waals surface area contributed by atoms with Gasteiger partial charge in [0.05, 0.1) is 13.2 Å². The summed E-state index contributed by atoms with van der Waals surface area (Å²) < 4.78 is 58.9. The third kappa shape index (κ3) is 2.85. The Bertz CT molecular complexity index is 660. The standard InChI is InChI=1S/C15H13F4NO/c1-20-15(9-4-5-11(17)14(19)13(9)18)10-7-8(16)3-6-12(10)21-2/h3-7,15,20H,1-2H3. The van der Waals surface area contributed by atoms with E-state index in [1.165, 1.54) is 26.3 Å². The van der Waals surface area contributed by atoms with E-state index in [9.17, 15) is 17.6 Å². The van der Waals surface area contributed by atoms with Crippen LogP contribution in [0.2, 0.25) is 0 Å². The summed E-state index contributed by atoms with van der Waals surface area (Å²) in [4.78, 5) is 0. The van der Waals surface area contributed by atoms with E-state index in [-0.39, 0.29) is 11.1 Å². The maximum absolute atomic E-state index is 13.9. The number of hydrogen-bond acceptors (Lipinski definition) is 2. The Labute approximate surface area is 119 Å². The van der Waals surface area contributed by atoms with Crippen molar-refractivity contribution in [3.05, 3.63) is 64.7 Å². The first-order chi connectivity index (χ1) is 9.99. The molecule has 0 aliphatic rings. The van der Waals surface area contributed by atoms with Gasteiger partial charge in [-0.2, -0.15) is 0 Å². The van der Waals surface area contributed by atoms with Gasteiger partial charge in [0, 0.05) is 11.1 Å². The number of nitrogens with one attached hydrogen (secondary N) is 1. The fourth-order valence-electron chi connectivity index (χ4n) is 2.17. The smallest absolute Gasteiger partial charge is 0.194 e. The van der Waals surface area contributed by atoms with Crippen molar-refractivity contribution in [3.63, 3.8) is 0 Å². The minimum absolute atomic E-state index is 0.139. The van der Waals surface area contributed by atoms with E-state index in [1.807, 2.05) is 0 Å². The van der Waals surface area contributed by atoms with Crippen LogP contribution in [0.3, 0.4) is 0 Å². The Morgan fingerprint density at radius 1 is 0.952 bits per heavy atom. The summed E-state index contributed by atoms with van der Waals surface area (Å²) in [5.74, 6) is -4.41. The van der Waals surface area contributed by atoms with Crippen molar-refractivity contribution in [2.75, 3.05) is 14.2 Å². The van der Waals surface area contributed by atoms with Crippen molar-refractivity contribution in [1.82, 2.24) is 5.32 Å². The van der Waals surface area contributed by atoms with E-state index >= 15 is 0 Å². The SMILES string of the molecule is CNC(c1cc(F)ccc1OC)c1ccc(F)c(F)c1F. The van der Waals surface area contributed by atoms with Gasteiger partial charge in [-0.1, -0.05) is 6.07 Å². The lowest BCUT2D eigenvalue weighted by molar-refractivity contribution is 0.400. The number of ether oxygens (including phenoxy) is 1. The van der Waals surface area contributed by atoms with Crippen LogP contribution in [0.1, 0.15) is 17.2 Å². The molecule has 2 nitrogen and oxygen atoms in total. The Morgan fingerprint density at radius 3 is 2.29 bits per heavy atom. The predicted octanol–water partition coefficient (Wildman–Crippen LogP) is 3.56. The van der Waals surface area contributed by atoms with E-state index in [0.29, 0.717) is 5.75 Å². The van der Waals surface area contributed by atoms with E-state index in [4.69, 9.17) is 4.74 Å². The molecule has 1 unspecified atom stereocenters. The molecule has 0 saturated heterocycles. The van der Waals surface area contributed by atoms with Crippen LogP contribution in [0, 0.1) is 23.3 Å². The Balaban J connectivity index is 2.60. The first kappa shape index (κ1) is 15.3. The second-order valence-corrected chi connectivity index (χ2v) is 4.37. The molecule has 0 fully saturated rings. The summed E-state index contributed by atoms with van der Waals surface area (Å²) in [6.45, 7) is 0. The molecule has 1 N–H and O–H groups in total. The number of halogens is 4. The van der Waals surface area contributed by atoms with Gasteiger partial charge >= 0.3 is 0 Å². The monoisotopic (exact) mass is 299 g/mol. The average Bonchev–Trinajstić information content (AvgIpc) is 2.48. The van der Waals surface area contributed by atoms with Crippen molar-refractivity contribution in [1.29, 1.82) is 0 Å². The number of hydrogen-bond donors (Lipinski definition) is 1. The molecule has 0 heterocycles. The quantitative estimate of drug-likeness (QED) is 0.688. The minimum atomic E-state index is -1.57. The number of methoxy groups -OCH3 is 1. The Morgan fingerprint density at radius 2 is 1.67 bits per heavy atom. The van der Waals surface area contributed by atoms with Gasteiger partial charge in [-0.25, -0.2) is 17.6 Å². The van der Waals surface area contributed by atoms with Crippen LogP contribution < -0.4 is 10.1 Å². The van der Waals surface area contributed by atoms with Crippen molar-refractivity contribution in [2.45, 2.75) is 6.04 Å². The molecule has 0 bridgehead atoms. The lowest BCUT2D eigenvalue weighted by atomic mass is 9.97. The van der Waals surface area contributed by atoms with Crippen molar-refractivity contribution in [2.24, 2.45) is 0 Å². The highest BCUT2D eigenvalue weighted by Crippen LogP contribution is 2.32. The molecular weight excluding hydrogens is 286 g/mol. The zero-order valence-electron chi connectivity index (χ0n) is 11.4. The normalized spacial score (nSPS) is 12.3. The molecule has 2 rings (SSSR count). The van der Waals surface area contributed by atoms with Crippen LogP contribution in [-0.4, -0.2) is 14.2 Å². The topological polar surface area (TPSA) is 21.3 Å². The van der Waals surface area contributed by atoms with Gasteiger partial charge in [0.2, 0.25) is 0 Å². The molecular formula is C15H13F4NO. The number of benzene rings is 2. The summed E-state index contributed by atoms with van der Waals surface area (Å²) in [5, 5.41) is 2.75. The Hall–Kier alpha value is -2.08. The summed E-state index contributed by atoms with van der Waals surface area (Å²) in [6.07, 6.45) is 0. The third-order valence-corrected chi connectivity index (χ3v) is 3.17. The molecule has 2 aromatic carbocycles. The summed E-state index contributed by atoms with van der Waals surface area (Å²) in [5.41, 5.74) is 0.144. The van der Waals surface area contributed by atoms with Gasteiger partial charge in [0.15, 0.2) is 17.5 Å². The van der Waals surface area contributed by atoms with Crippen LogP contribution in [-0.2, 0) is 0 Å². The van der Waals surface area contributed by atoms with Gasteiger partial charge < -0.3 is 10.1 Å². The summed E-state index contributed by atoms with van der Waals surface area (Å²) in [7, 11) is 2.88. The minimum Gasteiger partial charge on any atom is -0.496 e.